The second-order valence-corrected chi connectivity index (χ2v) is 7.38. The summed E-state index contributed by atoms with van der Waals surface area (Å²) >= 11 is 0. The highest BCUT2D eigenvalue weighted by atomic mass is 16.6. The highest BCUT2D eigenvalue weighted by Gasteiger charge is 2.27. The van der Waals surface area contributed by atoms with Crippen molar-refractivity contribution in [3.8, 4) is 0 Å². The molecule has 6 heteroatoms. The summed E-state index contributed by atoms with van der Waals surface area (Å²) in [5.74, 6) is 0. The van der Waals surface area contributed by atoms with Crippen molar-refractivity contribution >= 4 is 6.09 Å². The van der Waals surface area contributed by atoms with Crippen molar-refractivity contribution in [1.29, 1.82) is 0 Å². The quantitative estimate of drug-likeness (QED) is 0.846. The first-order chi connectivity index (χ1) is 10.0. The molecule has 0 aliphatic rings. The fourth-order valence-electron chi connectivity index (χ4n) is 1.97. The smallest absolute Gasteiger partial charge is 0.407 e. The van der Waals surface area contributed by atoms with E-state index in [1.54, 1.807) is 0 Å². The van der Waals surface area contributed by atoms with Gasteiger partial charge in [0.2, 0.25) is 0 Å². The van der Waals surface area contributed by atoms with Crippen molar-refractivity contribution in [2.45, 2.75) is 59.6 Å². The first-order valence-electron chi connectivity index (χ1n) is 7.66. The molecule has 1 atom stereocenters. The van der Waals surface area contributed by atoms with E-state index in [1.165, 1.54) is 0 Å². The standard InChI is InChI=1S/C16H29N3O3/c1-12(2)19-8-7-13(18-19)9-16(6,11-20)10-17-14(21)22-15(3,4)5/h7-8,12,20H,9-11H2,1-6H3,(H,17,21). The van der Waals surface area contributed by atoms with Gasteiger partial charge in [0.05, 0.1) is 12.3 Å². The van der Waals surface area contributed by atoms with Gasteiger partial charge in [0.25, 0.3) is 0 Å². The number of aliphatic hydroxyl groups excluding tert-OH is 1. The van der Waals surface area contributed by atoms with Crippen LogP contribution >= 0.6 is 0 Å². The van der Waals surface area contributed by atoms with Crippen molar-refractivity contribution in [1.82, 2.24) is 15.1 Å². The molecule has 0 saturated heterocycles. The highest BCUT2D eigenvalue weighted by molar-refractivity contribution is 5.67. The van der Waals surface area contributed by atoms with Crippen LogP contribution in [0, 0.1) is 5.41 Å². The number of alkyl carbamates (subject to hydrolysis) is 1. The van der Waals surface area contributed by atoms with E-state index in [0.717, 1.165) is 5.69 Å². The molecule has 0 radical (unpaired) electrons. The van der Waals surface area contributed by atoms with E-state index < -0.39 is 17.1 Å². The minimum Gasteiger partial charge on any atom is -0.444 e. The molecule has 0 aliphatic heterocycles. The molecule has 1 aromatic heterocycles. The first-order valence-corrected chi connectivity index (χ1v) is 7.66. The van der Waals surface area contributed by atoms with Crippen LogP contribution in [0.1, 0.15) is 53.3 Å². The molecule has 22 heavy (non-hydrogen) atoms. The number of aromatic nitrogens is 2. The molecule has 1 unspecified atom stereocenters. The number of hydrogen-bond acceptors (Lipinski definition) is 4. The van der Waals surface area contributed by atoms with Gasteiger partial charge in [0.1, 0.15) is 5.60 Å². The summed E-state index contributed by atoms with van der Waals surface area (Å²) in [6.45, 7) is 11.8. The molecule has 0 saturated carbocycles. The predicted molar refractivity (Wildman–Crippen MR) is 85.7 cm³/mol. The number of aliphatic hydroxyl groups is 1. The van der Waals surface area contributed by atoms with Crippen LogP contribution in [-0.2, 0) is 11.2 Å². The van der Waals surface area contributed by atoms with Crippen LogP contribution in [0.15, 0.2) is 12.3 Å². The fraction of sp³-hybridized carbons (Fsp3) is 0.750. The Hall–Kier alpha value is -1.56. The maximum Gasteiger partial charge on any atom is 0.407 e. The maximum absolute atomic E-state index is 11.7. The summed E-state index contributed by atoms with van der Waals surface area (Å²) in [4.78, 5) is 11.7. The van der Waals surface area contributed by atoms with Gasteiger partial charge in [-0.3, -0.25) is 4.68 Å². The number of nitrogens with one attached hydrogen (secondary N) is 1. The number of ether oxygens (including phenoxy) is 1. The molecule has 0 aromatic carbocycles. The largest absolute Gasteiger partial charge is 0.444 e. The number of hydrogen-bond donors (Lipinski definition) is 2. The Balaban J connectivity index is 2.61. The zero-order chi connectivity index (χ0) is 17.0. The van der Waals surface area contributed by atoms with E-state index in [9.17, 15) is 9.90 Å². The Kier molecular flexibility index (Phi) is 6.00. The van der Waals surface area contributed by atoms with E-state index in [-0.39, 0.29) is 6.61 Å². The SMILES string of the molecule is CC(C)n1ccc(CC(C)(CO)CNC(=O)OC(C)(C)C)n1. The summed E-state index contributed by atoms with van der Waals surface area (Å²) in [5, 5.41) is 16.9. The second kappa shape index (κ2) is 7.13. The minimum absolute atomic E-state index is 0.0443. The van der Waals surface area contributed by atoms with Gasteiger partial charge < -0.3 is 15.2 Å². The monoisotopic (exact) mass is 311 g/mol. The average molecular weight is 311 g/mol. The van der Waals surface area contributed by atoms with E-state index in [4.69, 9.17) is 4.74 Å². The average Bonchev–Trinajstić information content (AvgIpc) is 2.83. The number of carbonyl (C=O) groups is 1. The molecule has 1 aromatic rings. The Morgan fingerprint density at radius 1 is 1.41 bits per heavy atom. The van der Waals surface area contributed by atoms with Crippen LogP contribution in [0.3, 0.4) is 0 Å². The topological polar surface area (TPSA) is 76.4 Å². The molecule has 1 amide bonds. The van der Waals surface area contributed by atoms with E-state index in [1.807, 2.05) is 44.6 Å². The molecule has 126 valence electrons. The second-order valence-electron chi connectivity index (χ2n) is 7.38. The molecule has 2 N–H and O–H groups in total. The molecule has 1 rings (SSSR count). The number of carbonyl (C=O) groups excluding carboxylic acids is 1. The van der Waals surface area contributed by atoms with Crippen molar-refractivity contribution in [3.63, 3.8) is 0 Å². The third-order valence-corrected chi connectivity index (χ3v) is 3.24. The van der Waals surface area contributed by atoms with Crippen LogP contribution < -0.4 is 5.32 Å². The van der Waals surface area contributed by atoms with Gasteiger partial charge in [0.15, 0.2) is 0 Å². The zero-order valence-electron chi connectivity index (χ0n) is 14.5. The lowest BCUT2D eigenvalue weighted by molar-refractivity contribution is 0.0477. The number of nitrogens with zero attached hydrogens (tertiary/aromatic N) is 2. The van der Waals surface area contributed by atoms with Gasteiger partial charge in [-0.05, 0) is 40.7 Å². The van der Waals surface area contributed by atoms with Gasteiger partial charge in [-0.15, -0.1) is 0 Å². The summed E-state index contributed by atoms with van der Waals surface area (Å²) in [5.41, 5.74) is -0.112. The van der Waals surface area contributed by atoms with Crippen molar-refractivity contribution < 1.29 is 14.6 Å². The zero-order valence-corrected chi connectivity index (χ0v) is 14.5. The van der Waals surface area contributed by atoms with Crippen LogP contribution in [0.5, 0.6) is 0 Å². The molecule has 0 aliphatic carbocycles. The Morgan fingerprint density at radius 3 is 2.50 bits per heavy atom. The normalized spacial score (nSPS) is 14.7. The van der Waals surface area contributed by atoms with Gasteiger partial charge in [-0.25, -0.2) is 4.79 Å². The third kappa shape index (κ3) is 6.05. The number of amides is 1. The summed E-state index contributed by atoms with van der Waals surface area (Å²) in [7, 11) is 0. The maximum atomic E-state index is 11.7. The molecule has 0 fully saturated rings. The molecule has 1 heterocycles. The Bertz CT molecular complexity index is 491. The first kappa shape index (κ1) is 18.5. The van der Waals surface area contributed by atoms with E-state index in [0.29, 0.717) is 19.0 Å². The molecule has 6 nitrogen and oxygen atoms in total. The molecular formula is C16H29N3O3. The van der Waals surface area contributed by atoms with Crippen LogP contribution in [0.4, 0.5) is 4.79 Å². The number of rotatable bonds is 6. The highest BCUT2D eigenvalue weighted by Crippen LogP contribution is 2.21. The molecule has 0 spiro atoms. The third-order valence-electron chi connectivity index (χ3n) is 3.24. The van der Waals surface area contributed by atoms with E-state index in [2.05, 4.69) is 24.3 Å². The van der Waals surface area contributed by atoms with Crippen molar-refractivity contribution in [3.05, 3.63) is 18.0 Å². The fourth-order valence-corrected chi connectivity index (χ4v) is 1.97. The summed E-state index contributed by atoms with van der Waals surface area (Å²) in [6, 6.07) is 2.25. The van der Waals surface area contributed by atoms with E-state index >= 15 is 0 Å². The van der Waals surface area contributed by atoms with Crippen LogP contribution in [-0.4, -0.2) is 39.7 Å². The summed E-state index contributed by atoms with van der Waals surface area (Å²) < 4.78 is 7.10. The van der Waals surface area contributed by atoms with Gasteiger partial charge in [0, 0.05) is 30.6 Å². The Labute approximate surface area is 132 Å². The molecule has 0 bridgehead atoms. The Morgan fingerprint density at radius 2 is 2.05 bits per heavy atom. The van der Waals surface area contributed by atoms with Crippen molar-refractivity contribution in [2.24, 2.45) is 5.41 Å². The van der Waals surface area contributed by atoms with Crippen molar-refractivity contribution in [2.75, 3.05) is 13.2 Å². The van der Waals surface area contributed by atoms with Crippen LogP contribution in [0.25, 0.3) is 0 Å². The van der Waals surface area contributed by atoms with Gasteiger partial charge in [-0.2, -0.15) is 5.10 Å². The molecular weight excluding hydrogens is 282 g/mol. The predicted octanol–water partition coefficient (Wildman–Crippen LogP) is 2.53. The van der Waals surface area contributed by atoms with Gasteiger partial charge in [-0.1, -0.05) is 6.92 Å². The van der Waals surface area contributed by atoms with Gasteiger partial charge >= 0.3 is 6.09 Å². The lowest BCUT2D eigenvalue weighted by Gasteiger charge is -2.28. The lowest BCUT2D eigenvalue weighted by atomic mass is 9.86. The minimum atomic E-state index is -0.532. The summed E-state index contributed by atoms with van der Waals surface area (Å²) in [6.07, 6.45) is 2.04. The lowest BCUT2D eigenvalue weighted by Crippen LogP contribution is -2.41. The van der Waals surface area contributed by atoms with Crippen LogP contribution in [0.2, 0.25) is 0 Å².